The third kappa shape index (κ3) is 4.94. The van der Waals surface area contributed by atoms with Gasteiger partial charge in [0.15, 0.2) is 5.66 Å². The van der Waals surface area contributed by atoms with Crippen LogP contribution in [0.25, 0.3) is 0 Å². The third-order valence-corrected chi connectivity index (χ3v) is 4.22. The molecule has 0 saturated heterocycles. The van der Waals surface area contributed by atoms with Crippen LogP contribution in [0.2, 0.25) is 0 Å². The summed E-state index contributed by atoms with van der Waals surface area (Å²) in [5, 5.41) is 9.02. The molecule has 0 saturated carbocycles. The van der Waals surface area contributed by atoms with Gasteiger partial charge in [-0.05, 0) is 34.1 Å². The van der Waals surface area contributed by atoms with E-state index in [1.54, 1.807) is 13.8 Å². The Morgan fingerprint density at radius 2 is 1.88 bits per heavy atom. The lowest BCUT2D eigenvalue weighted by Crippen LogP contribution is -2.11. The number of allylic oxidation sites excluding steroid dienone is 2. The van der Waals surface area contributed by atoms with Crippen LogP contribution in [0, 0.1) is 11.3 Å². The molecular weight excluding hydrogens is 225 g/mol. The third-order valence-electron chi connectivity index (χ3n) is 1.90. The molecule has 4 nitrogen and oxygen atoms in total. The molecule has 0 fully saturated rings. The number of hydrogen-bond donors (Lipinski definition) is 0. The summed E-state index contributed by atoms with van der Waals surface area (Å²) in [6.07, 6.45) is 2.27. The lowest BCUT2D eigenvalue weighted by Gasteiger charge is -2.20. The summed E-state index contributed by atoms with van der Waals surface area (Å²) in [6, 6.07) is 2.01. The molecule has 0 aliphatic heterocycles. The first-order valence-corrected chi connectivity index (χ1v) is 7.03. The smallest absolute Gasteiger partial charge is 0.308 e. The van der Waals surface area contributed by atoms with Crippen LogP contribution in [0.1, 0.15) is 34.1 Å². The quantitative estimate of drug-likeness (QED) is 0.508. The highest BCUT2D eigenvalue weighted by molar-refractivity contribution is 7.55. The molecule has 0 heterocycles. The van der Waals surface area contributed by atoms with Gasteiger partial charge < -0.3 is 9.05 Å². The van der Waals surface area contributed by atoms with E-state index in [0.29, 0.717) is 6.42 Å². The van der Waals surface area contributed by atoms with E-state index in [1.807, 2.05) is 26.0 Å². The zero-order valence-corrected chi connectivity index (χ0v) is 11.3. The average Bonchev–Trinajstić information content (AvgIpc) is 2.18. The molecule has 0 aromatic rings. The lowest BCUT2D eigenvalue weighted by molar-refractivity contribution is 0.216. The van der Waals surface area contributed by atoms with Crippen LogP contribution in [0.15, 0.2) is 11.6 Å². The van der Waals surface area contributed by atoms with Gasteiger partial charge >= 0.3 is 7.60 Å². The van der Waals surface area contributed by atoms with E-state index in [0.717, 1.165) is 5.57 Å². The fourth-order valence-corrected chi connectivity index (χ4v) is 2.84. The summed E-state index contributed by atoms with van der Waals surface area (Å²) in [5.41, 5.74) is 0.363. The Balaban J connectivity index is 4.80. The van der Waals surface area contributed by atoms with Crippen molar-refractivity contribution in [3.63, 3.8) is 0 Å². The maximum atomic E-state index is 12.3. The minimum atomic E-state index is -3.29. The monoisotopic (exact) mass is 245 g/mol. The van der Waals surface area contributed by atoms with E-state index >= 15 is 0 Å². The molecule has 0 aromatic heterocycles. The van der Waals surface area contributed by atoms with E-state index in [1.165, 1.54) is 0 Å². The first-order chi connectivity index (χ1) is 7.50. The Morgan fingerprint density at radius 3 is 2.19 bits per heavy atom. The Bertz CT molecular complexity index is 306. The van der Waals surface area contributed by atoms with Crippen molar-refractivity contribution < 1.29 is 13.6 Å². The molecule has 5 heteroatoms. The van der Waals surface area contributed by atoms with Crippen LogP contribution in [0.3, 0.4) is 0 Å². The topological polar surface area (TPSA) is 59.3 Å². The van der Waals surface area contributed by atoms with Crippen LogP contribution in [0.4, 0.5) is 0 Å². The van der Waals surface area contributed by atoms with Crippen molar-refractivity contribution in [2.24, 2.45) is 0 Å². The second-order valence-electron chi connectivity index (χ2n) is 3.54. The summed E-state index contributed by atoms with van der Waals surface area (Å²) in [7, 11) is -3.29. The van der Waals surface area contributed by atoms with Gasteiger partial charge in [-0.25, -0.2) is 0 Å². The molecule has 1 atom stereocenters. The summed E-state index contributed by atoms with van der Waals surface area (Å²) < 4.78 is 22.5. The second kappa shape index (κ2) is 7.62. The molecule has 0 bridgehead atoms. The van der Waals surface area contributed by atoms with Crippen LogP contribution < -0.4 is 0 Å². The van der Waals surface area contributed by atoms with Crippen molar-refractivity contribution in [2.75, 3.05) is 13.2 Å². The second-order valence-corrected chi connectivity index (χ2v) is 5.76. The highest BCUT2D eigenvalue weighted by Gasteiger charge is 2.34. The SMILES string of the molecule is CCOP(=O)(OCC)C(C#N)CC=C(C)C. The predicted octanol–water partition coefficient (Wildman–Crippen LogP) is 3.50. The van der Waals surface area contributed by atoms with E-state index < -0.39 is 13.3 Å². The highest BCUT2D eigenvalue weighted by atomic mass is 31.2. The maximum Gasteiger partial charge on any atom is 0.348 e. The summed E-state index contributed by atoms with van der Waals surface area (Å²) in [6.45, 7) is 7.90. The molecule has 0 rings (SSSR count). The molecular formula is C11H20NO3P. The fraction of sp³-hybridized carbons (Fsp3) is 0.727. The molecule has 0 aliphatic carbocycles. The van der Waals surface area contributed by atoms with Crippen molar-refractivity contribution in [1.29, 1.82) is 5.26 Å². The van der Waals surface area contributed by atoms with Crippen molar-refractivity contribution in [2.45, 2.75) is 39.8 Å². The largest absolute Gasteiger partial charge is 0.348 e. The van der Waals surface area contributed by atoms with E-state index in [-0.39, 0.29) is 13.2 Å². The molecule has 16 heavy (non-hydrogen) atoms. The van der Waals surface area contributed by atoms with Gasteiger partial charge in [0.05, 0.1) is 19.3 Å². The number of nitriles is 1. The Kier molecular flexibility index (Phi) is 7.33. The molecule has 1 unspecified atom stereocenters. The van der Waals surface area contributed by atoms with Gasteiger partial charge in [-0.15, -0.1) is 0 Å². The summed E-state index contributed by atoms with van der Waals surface area (Å²) in [4.78, 5) is 0. The van der Waals surface area contributed by atoms with Crippen molar-refractivity contribution in [3.05, 3.63) is 11.6 Å². The molecule has 0 aromatic carbocycles. The Labute approximate surface area is 97.8 Å². The zero-order valence-electron chi connectivity index (χ0n) is 10.4. The van der Waals surface area contributed by atoms with E-state index in [9.17, 15) is 4.57 Å². The predicted molar refractivity (Wildman–Crippen MR) is 64.3 cm³/mol. The number of hydrogen-bond acceptors (Lipinski definition) is 4. The van der Waals surface area contributed by atoms with Crippen molar-refractivity contribution in [1.82, 2.24) is 0 Å². The van der Waals surface area contributed by atoms with Crippen LogP contribution in [-0.2, 0) is 13.6 Å². The minimum absolute atomic E-state index is 0.282. The molecule has 0 N–H and O–H groups in total. The van der Waals surface area contributed by atoms with Gasteiger partial charge in [0.25, 0.3) is 0 Å². The summed E-state index contributed by atoms with van der Waals surface area (Å²) in [5.74, 6) is 0. The zero-order chi connectivity index (χ0) is 12.6. The first-order valence-electron chi connectivity index (χ1n) is 5.41. The number of rotatable bonds is 7. The van der Waals surface area contributed by atoms with Gasteiger partial charge in [-0.3, -0.25) is 4.57 Å². The standard InChI is InChI=1S/C11H20NO3P/c1-5-14-16(13,15-6-2)11(9-12)8-7-10(3)4/h7,11H,5-6,8H2,1-4H3. The number of nitrogens with zero attached hydrogens (tertiary/aromatic N) is 1. The molecule has 0 spiro atoms. The van der Waals surface area contributed by atoms with Crippen molar-refractivity contribution >= 4 is 7.60 Å². The van der Waals surface area contributed by atoms with Gasteiger partial charge in [0, 0.05) is 0 Å². The van der Waals surface area contributed by atoms with Gasteiger partial charge in [-0.2, -0.15) is 5.26 Å². The molecule has 92 valence electrons. The normalized spacial score (nSPS) is 12.9. The van der Waals surface area contributed by atoms with Gasteiger partial charge in [-0.1, -0.05) is 11.6 Å². The van der Waals surface area contributed by atoms with E-state index in [2.05, 4.69) is 0 Å². The molecule has 0 aliphatic rings. The Morgan fingerprint density at radius 1 is 1.38 bits per heavy atom. The van der Waals surface area contributed by atoms with Crippen LogP contribution >= 0.6 is 7.60 Å². The maximum absolute atomic E-state index is 12.3. The van der Waals surface area contributed by atoms with E-state index in [4.69, 9.17) is 14.3 Å². The highest BCUT2D eigenvalue weighted by Crippen LogP contribution is 2.54. The first kappa shape index (κ1) is 15.4. The van der Waals surface area contributed by atoms with Crippen molar-refractivity contribution in [3.8, 4) is 6.07 Å². The van der Waals surface area contributed by atoms with Crippen LogP contribution in [-0.4, -0.2) is 18.9 Å². The van der Waals surface area contributed by atoms with Gasteiger partial charge in [0.2, 0.25) is 0 Å². The molecule has 0 radical (unpaired) electrons. The Hall–Kier alpha value is -0.620. The average molecular weight is 245 g/mol. The summed E-state index contributed by atoms with van der Waals surface area (Å²) >= 11 is 0. The van der Waals surface area contributed by atoms with Crippen LogP contribution in [0.5, 0.6) is 0 Å². The fourth-order valence-electron chi connectivity index (χ4n) is 1.18. The molecule has 0 amide bonds. The minimum Gasteiger partial charge on any atom is -0.308 e. The lowest BCUT2D eigenvalue weighted by atomic mass is 10.2. The van der Waals surface area contributed by atoms with Gasteiger partial charge in [0.1, 0.15) is 0 Å².